The largest absolute Gasteiger partial charge is 0.358 e. The fourth-order valence-electron chi connectivity index (χ4n) is 2.78. The monoisotopic (exact) mass is 255 g/mol. The Hall–Kier alpha value is -1.77. The van der Waals surface area contributed by atoms with Gasteiger partial charge in [-0.3, -0.25) is 0 Å². The van der Waals surface area contributed by atoms with Crippen LogP contribution in [0, 0.1) is 0 Å². The van der Waals surface area contributed by atoms with Gasteiger partial charge in [0.25, 0.3) is 0 Å². The molecule has 3 nitrogen and oxygen atoms in total. The van der Waals surface area contributed by atoms with E-state index in [0.29, 0.717) is 11.8 Å². The molecule has 2 aromatic heterocycles. The van der Waals surface area contributed by atoms with E-state index in [4.69, 9.17) is 4.98 Å². The van der Waals surface area contributed by atoms with E-state index < -0.39 is 0 Å². The molecule has 0 aliphatic carbocycles. The number of benzene rings is 1. The topological polar surface area (TPSA) is 33.6 Å². The number of fused-ring (bicyclic) bond motifs is 3. The summed E-state index contributed by atoms with van der Waals surface area (Å²) < 4.78 is 2.24. The first-order valence-corrected chi connectivity index (χ1v) is 6.97. The minimum atomic E-state index is 0.441. The van der Waals surface area contributed by atoms with E-state index >= 15 is 0 Å². The van der Waals surface area contributed by atoms with Crippen LogP contribution in [0.1, 0.15) is 51.0 Å². The summed E-state index contributed by atoms with van der Waals surface area (Å²) in [5.74, 6) is 2.10. The lowest BCUT2D eigenvalue weighted by Gasteiger charge is -2.05. The number of imidazole rings is 1. The summed E-state index contributed by atoms with van der Waals surface area (Å²) in [5.41, 5.74) is 4.82. The van der Waals surface area contributed by atoms with E-state index in [9.17, 15) is 0 Å². The second kappa shape index (κ2) is 4.12. The number of nitrogens with one attached hydrogen (secondary N) is 1. The average molecular weight is 255 g/mol. The molecule has 0 amide bonds. The number of hydrogen-bond acceptors (Lipinski definition) is 1. The summed E-state index contributed by atoms with van der Waals surface area (Å²) in [5, 5.41) is 1.28. The lowest BCUT2D eigenvalue weighted by atomic mass is 10.1. The Labute approximate surface area is 113 Å². The molecule has 1 N–H and O–H groups in total. The smallest absolute Gasteiger partial charge is 0.112 e. The van der Waals surface area contributed by atoms with Crippen molar-refractivity contribution < 1.29 is 0 Å². The SMILES string of the molecule is CC(C)c1cc2c(ccc3nc(C(C)C)n(C)c32)[nH]1. The van der Waals surface area contributed by atoms with Crippen molar-refractivity contribution in [2.75, 3.05) is 0 Å². The molecule has 0 aliphatic rings. The van der Waals surface area contributed by atoms with Crippen LogP contribution in [-0.4, -0.2) is 14.5 Å². The Bertz CT molecular complexity index is 744. The molecule has 0 bridgehead atoms. The van der Waals surface area contributed by atoms with Gasteiger partial charge in [0.15, 0.2) is 0 Å². The second-order valence-electron chi connectivity index (χ2n) is 5.96. The van der Waals surface area contributed by atoms with Crippen molar-refractivity contribution >= 4 is 21.9 Å². The van der Waals surface area contributed by atoms with Crippen LogP contribution in [0.5, 0.6) is 0 Å². The molecule has 2 heterocycles. The summed E-state index contributed by atoms with van der Waals surface area (Å²) in [6.45, 7) is 8.81. The van der Waals surface area contributed by atoms with E-state index in [2.05, 4.69) is 62.5 Å². The molecule has 0 atom stereocenters. The molecule has 3 aromatic rings. The van der Waals surface area contributed by atoms with Gasteiger partial charge in [-0.2, -0.15) is 0 Å². The zero-order chi connectivity index (χ0) is 13.7. The van der Waals surface area contributed by atoms with Gasteiger partial charge in [0.05, 0.1) is 11.0 Å². The van der Waals surface area contributed by atoms with Crippen molar-refractivity contribution in [3.8, 4) is 0 Å². The van der Waals surface area contributed by atoms with Crippen LogP contribution in [0.2, 0.25) is 0 Å². The van der Waals surface area contributed by atoms with Gasteiger partial charge in [-0.25, -0.2) is 4.98 Å². The fourth-order valence-corrected chi connectivity index (χ4v) is 2.78. The molecule has 1 aromatic carbocycles. The van der Waals surface area contributed by atoms with Gasteiger partial charge in [-0.1, -0.05) is 27.7 Å². The second-order valence-corrected chi connectivity index (χ2v) is 5.96. The molecule has 0 spiro atoms. The van der Waals surface area contributed by atoms with E-state index in [0.717, 1.165) is 11.3 Å². The Balaban J connectivity index is 2.38. The maximum absolute atomic E-state index is 4.77. The number of aromatic amines is 1. The van der Waals surface area contributed by atoms with Crippen molar-refractivity contribution in [2.45, 2.75) is 39.5 Å². The first-order valence-electron chi connectivity index (χ1n) is 6.97. The zero-order valence-electron chi connectivity index (χ0n) is 12.3. The van der Waals surface area contributed by atoms with Crippen molar-refractivity contribution in [1.29, 1.82) is 0 Å². The van der Waals surface area contributed by atoms with Gasteiger partial charge in [-0.05, 0) is 24.1 Å². The summed E-state index contributed by atoms with van der Waals surface area (Å²) >= 11 is 0. The minimum absolute atomic E-state index is 0.441. The third kappa shape index (κ3) is 1.76. The summed E-state index contributed by atoms with van der Waals surface area (Å²) in [6, 6.07) is 6.53. The third-order valence-corrected chi connectivity index (χ3v) is 3.83. The van der Waals surface area contributed by atoms with Crippen molar-refractivity contribution in [2.24, 2.45) is 7.05 Å². The van der Waals surface area contributed by atoms with Crippen LogP contribution in [0.15, 0.2) is 18.2 Å². The standard InChI is InChI=1S/C16H21N3/c1-9(2)14-8-11-12(17-14)6-7-13-15(11)19(5)16(18-13)10(3)4/h6-10,17H,1-5H3. The summed E-state index contributed by atoms with van der Waals surface area (Å²) in [6.07, 6.45) is 0. The number of rotatable bonds is 2. The highest BCUT2D eigenvalue weighted by atomic mass is 15.1. The van der Waals surface area contributed by atoms with Crippen LogP contribution in [0.3, 0.4) is 0 Å². The maximum atomic E-state index is 4.77. The lowest BCUT2D eigenvalue weighted by Crippen LogP contribution is -1.99. The summed E-state index contributed by atoms with van der Waals surface area (Å²) in [4.78, 5) is 8.28. The molecular formula is C16H21N3. The lowest BCUT2D eigenvalue weighted by molar-refractivity contribution is 0.723. The molecule has 0 unspecified atom stereocenters. The van der Waals surface area contributed by atoms with E-state index in [1.807, 2.05) is 0 Å². The Morgan fingerprint density at radius 3 is 2.47 bits per heavy atom. The number of nitrogens with zero attached hydrogens (tertiary/aromatic N) is 2. The number of aryl methyl sites for hydroxylation is 1. The maximum Gasteiger partial charge on any atom is 0.112 e. The highest BCUT2D eigenvalue weighted by Gasteiger charge is 2.15. The molecule has 3 rings (SSSR count). The van der Waals surface area contributed by atoms with Crippen LogP contribution in [0.4, 0.5) is 0 Å². The van der Waals surface area contributed by atoms with Crippen molar-refractivity contribution in [1.82, 2.24) is 14.5 Å². The predicted molar refractivity (Wildman–Crippen MR) is 80.7 cm³/mol. The van der Waals surface area contributed by atoms with E-state index in [1.54, 1.807) is 0 Å². The van der Waals surface area contributed by atoms with Gasteiger partial charge in [-0.15, -0.1) is 0 Å². The quantitative estimate of drug-likeness (QED) is 0.727. The normalized spacial score (nSPS) is 12.4. The van der Waals surface area contributed by atoms with Gasteiger partial charge in [0.2, 0.25) is 0 Å². The van der Waals surface area contributed by atoms with Gasteiger partial charge in [0, 0.05) is 29.6 Å². The van der Waals surface area contributed by atoms with E-state index in [1.165, 1.54) is 22.1 Å². The molecule has 0 radical (unpaired) electrons. The van der Waals surface area contributed by atoms with Gasteiger partial charge >= 0.3 is 0 Å². The van der Waals surface area contributed by atoms with Gasteiger partial charge < -0.3 is 9.55 Å². The van der Waals surface area contributed by atoms with Crippen LogP contribution >= 0.6 is 0 Å². The highest BCUT2D eigenvalue weighted by Crippen LogP contribution is 2.30. The highest BCUT2D eigenvalue weighted by molar-refractivity contribution is 6.03. The van der Waals surface area contributed by atoms with Crippen molar-refractivity contribution in [3.63, 3.8) is 0 Å². The number of hydrogen-bond donors (Lipinski definition) is 1. The zero-order valence-corrected chi connectivity index (χ0v) is 12.3. The molecule has 0 fully saturated rings. The number of H-pyrrole nitrogens is 1. The predicted octanol–water partition coefficient (Wildman–Crippen LogP) is 4.30. The first-order chi connectivity index (χ1) is 8.99. The Morgan fingerprint density at radius 2 is 1.84 bits per heavy atom. The molecule has 0 saturated heterocycles. The average Bonchev–Trinajstić information content (AvgIpc) is 2.89. The first kappa shape index (κ1) is 12.3. The van der Waals surface area contributed by atoms with Crippen LogP contribution in [-0.2, 0) is 7.05 Å². The minimum Gasteiger partial charge on any atom is -0.358 e. The molecular weight excluding hydrogens is 234 g/mol. The Morgan fingerprint density at radius 1 is 1.11 bits per heavy atom. The fraction of sp³-hybridized carbons (Fsp3) is 0.438. The van der Waals surface area contributed by atoms with E-state index in [-0.39, 0.29) is 0 Å². The molecule has 19 heavy (non-hydrogen) atoms. The summed E-state index contributed by atoms with van der Waals surface area (Å²) in [7, 11) is 2.12. The van der Waals surface area contributed by atoms with Gasteiger partial charge in [0.1, 0.15) is 5.82 Å². The molecule has 100 valence electrons. The molecule has 0 aliphatic heterocycles. The van der Waals surface area contributed by atoms with Crippen molar-refractivity contribution in [3.05, 3.63) is 29.7 Å². The Kier molecular flexibility index (Phi) is 2.66. The van der Waals surface area contributed by atoms with Crippen LogP contribution in [0.25, 0.3) is 21.9 Å². The van der Waals surface area contributed by atoms with Crippen LogP contribution < -0.4 is 0 Å². The molecule has 3 heteroatoms. The number of aromatic nitrogens is 3. The molecule has 0 saturated carbocycles. The third-order valence-electron chi connectivity index (χ3n) is 3.83.